The number of hydrogen-bond donors (Lipinski definition) is 2. The second-order valence-electron chi connectivity index (χ2n) is 7.73. The van der Waals surface area contributed by atoms with Crippen LogP contribution < -0.4 is 5.73 Å². The molecule has 2 aromatic heterocycles. The Morgan fingerprint density at radius 3 is 2.52 bits per heavy atom. The molecule has 3 N–H and O–H groups in total. The van der Waals surface area contributed by atoms with Gasteiger partial charge in [-0.3, -0.25) is 0 Å². The van der Waals surface area contributed by atoms with Gasteiger partial charge < -0.3 is 10.8 Å². The monoisotopic (exact) mass is 462 g/mol. The number of nitrogen functional groups attached to an aromatic ring is 1. The molecule has 0 radical (unpaired) electrons. The Morgan fingerprint density at radius 1 is 1.42 bits per heavy atom. The number of piperidine rings is 1. The number of anilines is 1. The van der Waals surface area contributed by atoms with E-state index in [0.717, 1.165) is 17.1 Å². The zero-order valence-corrected chi connectivity index (χ0v) is 18.2. The lowest BCUT2D eigenvalue weighted by molar-refractivity contribution is -0.136. The van der Waals surface area contributed by atoms with Crippen LogP contribution in [-0.2, 0) is 22.6 Å². The minimum Gasteiger partial charge on any atom is -0.392 e. The van der Waals surface area contributed by atoms with Crippen LogP contribution in [0.4, 0.5) is 19.1 Å². The van der Waals surface area contributed by atoms with E-state index in [9.17, 15) is 21.6 Å². The highest BCUT2D eigenvalue weighted by Crippen LogP contribution is 2.38. The molecule has 172 valence electrons. The average Bonchev–Trinajstić information content (AvgIpc) is 2.94. The Labute approximate surface area is 178 Å². The van der Waals surface area contributed by atoms with Gasteiger partial charge in [0.1, 0.15) is 11.6 Å². The van der Waals surface area contributed by atoms with E-state index >= 15 is 0 Å². The first-order valence-corrected chi connectivity index (χ1v) is 11.4. The van der Waals surface area contributed by atoms with E-state index in [4.69, 9.17) is 16.1 Å². The molecule has 1 fully saturated rings. The van der Waals surface area contributed by atoms with Crippen molar-refractivity contribution >= 4 is 21.5 Å². The van der Waals surface area contributed by atoms with Crippen molar-refractivity contribution in [1.29, 1.82) is 5.26 Å². The van der Waals surface area contributed by atoms with Gasteiger partial charge in [0.25, 0.3) is 0 Å². The molecule has 0 bridgehead atoms. The molecule has 0 saturated carbocycles. The van der Waals surface area contributed by atoms with E-state index < -0.39 is 33.4 Å². The minimum atomic E-state index is -4.65. The largest absolute Gasteiger partial charge is 0.419 e. The Kier molecular flexibility index (Phi) is 7.51. The maximum Gasteiger partial charge on any atom is 0.419 e. The van der Waals surface area contributed by atoms with Gasteiger partial charge in [-0.15, -0.1) is 5.10 Å². The molecule has 1 unspecified atom stereocenters. The van der Waals surface area contributed by atoms with Gasteiger partial charge >= 0.3 is 6.18 Å². The van der Waals surface area contributed by atoms with E-state index in [1.165, 1.54) is 10.6 Å². The van der Waals surface area contributed by atoms with Crippen molar-refractivity contribution in [3.8, 4) is 6.07 Å². The fraction of sp³-hybridized carbons (Fsp3) is 0.611. The summed E-state index contributed by atoms with van der Waals surface area (Å²) in [4.78, 5) is 3.59. The molecule has 3 rings (SSSR count). The molecular formula is C18H25F3N6O3S. The molecule has 1 aliphatic heterocycles. The van der Waals surface area contributed by atoms with Crippen molar-refractivity contribution in [3.05, 3.63) is 23.0 Å². The predicted octanol–water partition coefficient (Wildman–Crippen LogP) is 1.80. The van der Waals surface area contributed by atoms with Crippen LogP contribution in [0.3, 0.4) is 0 Å². The standard InChI is InChI=1S/C12H12F3N5.C6H13NO3S/c1-6(2)3-8-7(4-16)10(12(13,14)15)9-5-18-11(17)19-20(8)9;1-11(9,10)7-4-2-3-6(8)5-7/h5-6H,3H2,1-2H3,(H2,17,19);6,8H,2-5H2,1H3. The highest BCUT2D eigenvalue weighted by atomic mass is 32.2. The van der Waals surface area contributed by atoms with Crippen molar-refractivity contribution in [2.75, 3.05) is 25.1 Å². The maximum atomic E-state index is 13.2. The molecular weight excluding hydrogens is 437 g/mol. The molecule has 0 aromatic carbocycles. The molecule has 1 aliphatic rings. The van der Waals surface area contributed by atoms with Crippen LogP contribution in [-0.4, -0.2) is 57.9 Å². The quantitative estimate of drug-likeness (QED) is 0.709. The molecule has 1 atom stereocenters. The number of aliphatic hydroxyl groups is 1. The summed E-state index contributed by atoms with van der Waals surface area (Å²) < 4.78 is 63.8. The van der Waals surface area contributed by atoms with E-state index in [-0.39, 0.29) is 36.0 Å². The van der Waals surface area contributed by atoms with Crippen LogP contribution in [0.15, 0.2) is 6.20 Å². The van der Waals surface area contributed by atoms with Gasteiger partial charge in [0.2, 0.25) is 16.0 Å². The number of hydrogen-bond acceptors (Lipinski definition) is 7. The first-order chi connectivity index (χ1) is 14.3. The highest BCUT2D eigenvalue weighted by Gasteiger charge is 2.39. The van der Waals surface area contributed by atoms with Crippen molar-refractivity contribution in [2.45, 2.75) is 45.4 Å². The second kappa shape index (κ2) is 9.37. The molecule has 1 saturated heterocycles. The van der Waals surface area contributed by atoms with Crippen LogP contribution in [0.25, 0.3) is 5.52 Å². The number of β-amino-alcohol motifs (C(OH)–C–C–N with tert-alkyl or cyclic N) is 1. The Hall–Kier alpha value is -2.43. The summed E-state index contributed by atoms with van der Waals surface area (Å²) in [5.74, 6) is -0.0757. The third-order valence-corrected chi connectivity index (χ3v) is 5.89. The number of halogens is 3. The number of nitrogens with zero attached hydrogens (tertiary/aromatic N) is 5. The van der Waals surface area contributed by atoms with Crippen molar-refractivity contribution in [3.63, 3.8) is 0 Å². The number of alkyl halides is 3. The number of sulfonamides is 1. The van der Waals surface area contributed by atoms with Crippen LogP contribution in [0, 0.1) is 17.2 Å². The number of aliphatic hydroxyl groups excluding tert-OH is 1. The Balaban J connectivity index is 0.000000262. The second-order valence-corrected chi connectivity index (χ2v) is 9.72. The van der Waals surface area contributed by atoms with E-state index in [1.807, 2.05) is 13.8 Å². The van der Waals surface area contributed by atoms with Gasteiger partial charge in [0, 0.05) is 13.1 Å². The predicted molar refractivity (Wildman–Crippen MR) is 107 cm³/mol. The van der Waals surface area contributed by atoms with E-state index in [2.05, 4.69) is 10.1 Å². The number of fused-ring (bicyclic) bond motifs is 1. The topological polar surface area (TPSA) is 138 Å². The minimum absolute atomic E-state index is 0.0671. The smallest absolute Gasteiger partial charge is 0.392 e. The fourth-order valence-electron chi connectivity index (χ4n) is 3.32. The summed E-state index contributed by atoms with van der Waals surface area (Å²) in [5, 5.41) is 22.0. The molecule has 31 heavy (non-hydrogen) atoms. The number of rotatable bonds is 3. The summed E-state index contributed by atoms with van der Waals surface area (Å²) in [6.07, 6.45) is -1.19. The van der Waals surface area contributed by atoms with Crippen molar-refractivity contribution < 1.29 is 26.7 Å². The molecule has 2 aromatic rings. The Morgan fingerprint density at radius 2 is 2.06 bits per heavy atom. The molecule has 13 heteroatoms. The van der Waals surface area contributed by atoms with Crippen molar-refractivity contribution in [2.24, 2.45) is 5.92 Å². The maximum absolute atomic E-state index is 13.2. The van der Waals surface area contributed by atoms with Gasteiger partial charge in [-0.05, 0) is 25.2 Å². The summed E-state index contributed by atoms with van der Waals surface area (Å²) in [7, 11) is -3.09. The number of nitrogens with two attached hydrogens (primary N) is 1. The normalized spacial score (nSPS) is 18.0. The van der Waals surface area contributed by atoms with E-state index in [1.54, 1.807) is 6.07 Å². The summed E-state index contributed by atoms with van der Waals surface area (Å²) in [5.41, 5.74) is 3.97. The third kappa shape index (κ3) is 6.05. The van der Waals surface area contributed by atoms with Crippen LogP contribution in [0.5, 0.6) is 0 Å². The zero-order chi connectivity index (χ0) is 23.6. The lowest BCUT2D eigenvalue weighted by Gasteiger charge is -2.27. The third-order valence-electron chi connectivity index (χ3n) is 4.63. The first-order valence-electron chi connectivity index (χ1n) is 9.52. The molecule has 0 amide bonds. The van der Waals surface area contributed by atoms with Crippen molar-refractivity contribution in [1.82, 2.24) is 18.9 Å². The van der Waals surface area contributed by atoms with Crippen LogP contribution in [0.1, 0.15) is 43.5 Å². The van der Waals surface area contributed by atoms with Gasteiger partial charge in [-0.25, -0.2) is 17.9 Å². The molecule has 9 nitrogen and oxygen atoms in total. The zero-order valence-electron chi connectivity index (χ0n) is 17.4. The first kappa shape index (κ1) is 24.8. The fourth-order valence-corrected chi connectivity index (χ4v) is 4.23. The van der Waals surface area contributed by atoms with Crippen LogP contribution in [0.2, 0.25) is 0 Å². The lowest BCUT2D eigenvalue weighted by Crippen LogP contribution is -2.41. The SMILES string of the molecule is CC(C)Cc1c(C#N)c(C(F)(F)F)c2cnc(N)nn12.CS(=O)(=O)N1CCCC(O)C1. The summed E-state index contributed by atoms with van der Waals surface area (Å²) in [6, 6.07) is 1.64. The molecule has 0 aliphatic carbocycles. The average molecular weight is 462 g/mol. The number of aromatic nitrogens is 3. The lowest BCUT2D eigenvalue weighted by atomic mass is 10.0. The van der Waals surface area contributed by atoms with Gasteiger partial charge in [-0.1, -0.05) is 13.8 Å². The number of nitriles is 1. The van der Waals surface area contributed by atoms with Gasteiger partial charge in [0.05, 0.1) is 35.3 Å². The highest BCUT2D eigenvalue weighted by molar-refractivity contribution is 7.88. The van der Waals surface area contributed by atoms with E-state index in [0.29, 0.717) is 13.0 Å². The summed E-state index contributed by atoms with van der Waals surface area (Å²) in [6.45, 7) is 4.51. The van der Waals surface area contributed by atoms with Gasteiger partial charge in [0.15, 0.2) is 0 Å². The van der Waals surface area contributed by atoms with Crippen LogP contribution >= 0.6 is 0 Å². The molecule has 3 heterocycles. The van der Waals surface area contributed by atoms with Gasteiger partial charge in [-0.2, -0.15) is 22.7 Å². The molecule has 0 spiro atoms. The summed E-state index contributed by atoms with van der Waals surface area (Å²) >= 11 is 0. The Bertz CT molecular complexity index is 1080.